The topological polar surface area (TPSA) is 55.4 Å². The molecule has 1 radical (unpaired) electrons. The van der Waals surface area contributed by atoms with Crippen molar-refractivity contribution >= 4 is 12.4 Å². The molecule has 4 heteroatoms. The summed E-state index contributed by atoms with van der Waals surface area (Å²) >= 11 is 0. The maximum Gasteiger partial charge on any atom is 0.425 e. The van der Waals surface area contributed by atoms with E-state index < -0.39 is 5.97 Å². The fraction of sp³-hybridized carbons (Fsp3) is 0.667. The third-order valence-electron chi connectivity index (χ3n) is 1.49. The normalized spacial score (nSPS) is 24.2. The number of esters is 1. The van der Waals surface area contributed by atoms with Crippen LogP contribution in [0.2, 0.25) is 0 Å². The van der Waals surface area contributed by atoms with Crippen molar-refractivity contribution in [1.29, 1.82) is 0 Å². The second-order valence-corrected chi connectivity index (χ2v) is 2.15. The van der Waals surface area contributed by atoms with Gasteiger partial charge in [-0.25, -0.2) is 9.59 Å². The van der Waals surface area contributed by atoms with Gasteiger partial charge in [0.25, 0.3) is 0 Å². The predicted octanol–water partition coefficient (Wildman–Crippen LogP) is -0.651. The summed E-state index contributed by atoms with van der Waals surface area (Å²) in [5, 5.41) is 2.89. The number of carbonyl (C=O) groups is 1. The Kier molecular flexibility index (Phi) is 2.39. The quantitative estimate of drug-likeness (QED) is 0.411. The fourth-order valence-electron chi connectivity index (χ4n) is 0.998. The van der Waals surface area contributed by atoms with Gasteiger partial charge in [0, 0.05) is 0 Å². The van der Waals surface area contributed by atoms with E-state index in [-0.39, 0.29) is 6.04 Å². The molecule has 1 atom stereocenters. The highest BCUT2D eigenvalue weighted by Gasteiger charge is 2.23. The van der Waals surface area contributed by atoms with Gasteiger partial charge in [0.2, 0.25) is 0 Å². The molecule has 1 N–H and O–H groups in total. The highest BCUT2D eigenvalue weighted by atomic mass is 16.6. The summed E-state index contributed by atoms with van der Waals surface area (Å²) in [7, 11) is 0. The van der Waals surface area contributed by atoms with Crippen LogP contribution in [-0.4, -0.2) is 25.0 Å². The Labute approximate surface area is 58.5 Å². The van der Waals surface area contributed by atoms with E-state index in [1.807, 2.05) is 0 Å². The number of nitrogens with one attached hydrogen (secondary N) is 1. The van der Waals surface area contributed by atoms with Crippen LogP contribution in [0.25, 0.3) is 0 Å². The van der Waals surface area contributed by atoms with E-state index in [1.54, 1.807) is 0 Å². The number of hydrogen-bond donors (Lipinski definition) is 1. The molecule has 10 heavy (non-hydrogen) atoms. The molecule has 0 spiro atoms. The van der Waals surface area contributed by atoms with Crippen LogP contribution in [0, 0.1) is 0 Å². The maximum absolute atomic E-state index is 10.7. The minimum Gasteiger partial charge on any atom is -0.383 e. The highest BCUT2D eigenvalue weighted by molar-refractivity contribution is 5.81. The lowest BCUT2D eigenvalue weighted by Gasteiger charge is -2.03. The predicted molar refractivity (Wildman–Crippen MR) is 32.8 cm³/mol. The van der Waals surface area contributed by atoms with Gasteiger partial charge in [0.15, 0.2) is 0 Å². The Bertz CT molecular complexity index is 140. The zero-order valence-electron chi connectivity index (χ0n) is 5.42. The standard InChI is InChI=1S/C6H8NO3/c8-4-10-6(9)5-2-1-3-7-5/h5,7H,1-3H2/t5-/m0/s1. The minimum atomic E-state index is -0.521. The molecular weight excluding hydrogens is 134 g/mol. The number of hydrogen-bond acceptors (Lipinski definition) is 4. The monoisotopic (exact) mass is 142 g/mol. The van der Waals surface area contributed by atoms with Crippen LogP contribution >= 0.6 is 0 Å². The van der Waals surface area contributed by atoms with Gasteiger partial charge < -0.3 is 10.1 Å². The molecule has 0 bridgehead atoms. The molecule has 0 aromatic heterocycles. The lowest BCUT2D eigenvalue weighted by atomic mass is 10.2. The van der Waals surface area contributed by atoms with E-state index in [2.05, 4.69) is 10.1 Å². The van der Waals surface area contributed by atoms with Crippen LogP contribution in [0.5, 0.6) is 0 Å². The molecular formula is C6H8NO3. The zero-order chi connectivity index (χ0) is 7.40. The van der Waals surface area contributed by atoms with Gasteiger partial charge in [-0.2, -0.15) is 0 Å². The minimum absolute atomic E-state index is 0.290. The summed E-state index contributed by atoms with van der Waals surface area (Å²) in [4.78, 5) is 20.3. The lowest BCUT2D eigenvalue weighted by Crippen LogP contribution is -2.32. The molecule has 55 valence electrons. The fourth-order valence-corrected chi connectivity index (χ4v) is 0.998. The van der Waals surface area contributed by atoms with Gasteiger partial charge in [-0.1, -0.05) is 0 Å². The molecule has 0 unspecified atom stereocenters. The first kappa shape index (κ1) is 7.21. The third kappa shape index (κ3) is 1.54. The van der Waals surface area contributed by atoms with Crippen molar-refractivity contribution < 1.29 is 14.3 Å². The van der Waals surface area contributed by atoms with Crippen molar-refractivity contribution in [2.75, 3.05) is 6.54 Å². The summed E-state index contributed by atoms with van der Waals surface area (Å²) in [6.45, 7) is 1.92. The number of rotatable bonds is 2. The number of ether oxygens (including phenoxy) is 1. The van der Waals surface area contributed by atoms with Crippen LogP contribution in [0.4, 0.5) is 0 Å². The van der Waals surface area contributed by atoms with Crippen LogP contribution in [0.15, 0.2) is 0 Å². The van der Waals surface area contributed by atoms with Gasteiger partial charge in [-0.15, -0.1) is 0 Å². The molecule has 1 aliphatic rings. The highest BCUT2D eigenvalue weighted by Crippen LogP contribution is 2.05. The van der Waals surface area contributed by atoms with E-state index in [1.165, 1.54) is 0 Å². The third-order valence-corrected chi connectivity index (χ3v) is 1.49. The maximum atomic E-state index is 10.7. The Morgan fingerprint density at radius 2 is 2.50 bits per heavy atom. The first-order valence-corrected chi connectivity index (χ1v) is 3.16. The van der Waals surface area contributed by atoms with Gasteiger partial charge >= 0.3 is 12.4 Å². The Hall–Kier alpha value is -0.900. The molecule has 1 rings (SSSR count). The number of carbonyl (C=O) groups excluding carboxylic acids is 2. The average Bonchev–Trinajstić information content (AvgIpc) is 2.38. The Morgan fingerprint density at radius 3 is 3.00 bits per heavy atom. The van der Waals surface area contributed by atoms with E-state index in [0.29, 0.717) is 0 Å². The van der Waals surface area contributed by atoms with Crippen LogP contribution in [0.1, 0.15) is 12.8 Å². The molecule has 0 amide bonds. The molecule has 4 nitrogen and oxygen atoms in total. The van der Waals surface area contributed by atoms with Crippen molar-refractivity contribution in [2.45, 2.75) is 18.9 Å². The largest absolute Gasteiger partial charge is 0.425 e. The molecule has 1 aliphatic heterocycles. The smallest absolute Gasteiger partial charge is 0.383 e. The molecule has 1 heterocycles. The first-order chi connectivity index (χ1) is 4.84. The second-order valence-electron chi connectivity index (χ2n) is 2.15. The molecule has 1 fully saturated rings. The van der Waals surface area contributed by atoms with Gasteiger partial charge in [-0.05, 0) is 19.4 Å². The SMILES string of the molecule is O=[C]OC(=O)[C@@H]1CCCN1. The van der Waals surface area contributed by atoms with Crippen molar-refractivity contribution in [3.05, 3.63) is 0 Å². The molecule has 0 aromatic rings. The molecule has 0 saturated carbocycles. The van der Waals surface area contributed by atoms with Crippen LogP contribution in [-0.2, 0) is 14.3 Å². The zero-order valence-corrected chi connectivity index (χ0v) is 5.42. The molecule has 0 aliphatic carbocycles. The average molecular weight is 142 g/mol. The van der Waals surface area contributed by atoms with E-state index in [9.17, 15) is 9.59 Å². The Morgan fingerprint density at radius 1 is 1.70 bits per heavy atom. The van der Waals surface area contributed by atoms with Crippen LogP contribution in [0.3, 0.4) is 0 Å². The van der Waals surface area contributed by atoms with Crippen molar-refractivity contribution in [2.24, 2.45) is 0 Å². The Balaban J connectivity index is 2.32. The summed E-state index contributed by atoms with van der Waals surface area (Å²) in [5.41, 5.74) is 0. The van der Waals surface area contributed by atoms with Crippen molar-refractivity contribution in [3.63, 3.8) is 0 Å². The summed E-state index contributed by atoms with van der Waals surface area (Å²) < 4.78 is 4.02. The summed E-state index contributed by atoms with van der Waals surface area (Å²) in [5.74, 6) is -0.521. The van der Waals surface area contributed by atoms with Crippen LogP contribution < -0.4 is 5.32 Å². The second kappa shape index (κ2) is 3.31. The van der Waals surface area contributed by atoms with Crippen molar-refractivity contribution in [3.8, 4) is 0 Å². The lowest BCUT2D eigenvalue weighted by molar-refractivity contribution is -0.137. The molecule has 1 saturated heterocycles. The first-order valence-electron chi connectivity index (χ1n) is 3.16. The van der Waals surface area contributed by atoms with E-state index >= 15 is 0 Å². The van der Waals surface area contributed by atoms with Gasteiger partial charge in [0.05, 0.1) is 0 Å². The summed E-state index contributed by atoms with van der Waals surface area (Å²) in [6, 6.07) is -0.290. The van der Waals surface area contributed by atoms with Gasteiger partial charge in [-0.3, -0.25) is 0 Å². The van der Waals surface area contributed by atoms with Crippen molar-refractivity contribution in [1.82, 2.24) is 5.32 Å². The molecule has 0 aromatic carbocycles. The van der Waals surface area contributed by atoms with E-state index in [0.717, 1.165) is 25.9 Å². The van der Waals surface area contributed by atoms with E-state index in [4.69, 9.17) is 0 Å². The summed E-state index contributed by atoms with van der Waals surface area (Å²) in [6.07, 6.45) is 1.71. The van der Waals surface area contributed by atoms with Gasteiger partial charge in [0.1, 0.15) is 6.04 Å².